The lowest BCUT2D eigenvalue weighted by atomic mass is 10.3. The molecule has 0 amide bonds. The van der Waals surface area contributed by atoms with Crippen LogP contribution in [0.1, 0.15) is 26.1 Å². The van der Waals surface area contributed by atoms with Crippen molar-refractivity contribution in [2.24, 2.45) is 0 Å². The van der Waals surface area contributed by atoms with Crippen LogP contribution in [-0.4, -0.2) is 40.7 Å². The van der Waals surface area contributed by atoms with Crippen LogP contribution in [0.4, 0.5) is 20.4 Å². The number of hydrogen-bond donors (Lipinski definition) is 3. The van der Waals surface area contributed by atoms with Gasteiger partial charge in [0.25, 0.3) is 6.43 Å². The molecule has 1 unspecified atom stereocenters. The number of anilines is 2. The lowest BCUT2D eigenvalue weighted by molar-refractivity contribution is 0.00380. The molecule has 1 aromatic heterocycles. The van der Waals surface area contributed by atoms with E-state index in [1.165, 1.54) is 0 Å². The van der Waals surface area contributed by atoms with Crippen LogP contribution < -0.4 is 10.6 Å². The van der Waals surface area contributed by atoms with Gasteiger partial charge in [0.05, 0.1) is 0 Å². The van der Waals surface area contributed by atoms with Crippen molar-refractivity contribution in [3.63, 3.8) is 0 Å². The number of alkyl halides is 2. The number of aliphatic hydroxyl groups is 1. The Balaban J connectivity index is 2.70. The Morgan fingerprint density at radius 3 is 2.37 bits per heavy atom. The number of aryl methyl sites for hydroxylation is 1. The Bertz CT molecular complexity index is 390. The summed E-state index contributed by atoms with van der Waals surface area (Å²) < 4.78 is 24.4. The van der Waals surface area contributed by atoms with Crippen molar-refractivity contribution in [1.82, 2.24) is 9.97 Å². The molecule has 0 bridgehead atoms. The second kappa shape index (κ2) is 7.83. The summed E-state index contributed by atoms with van der Waals surface area (Å²) >= 11 is 0. The summed E-state index contributed by atoms with van der Waals surface area (Å²) in [6.45, 7) is 4.48. The molecule has 108 valence electrons. The lowest BCUT2D eigenvalue weighted by Gasteiger charge is -2.13. The summed E-state index contributed by atoms with van der Waals surface area (Å²) in [6, 6.07) is 1.65. The molecule has 5 nitrogen and oxygen atoms in total. The first-order chi connectivity index (χ1) is 9.06. The highest BCUT2D eigenvalue weighted by atomic mass is 19.3. The quantitative estimate of drug-likeness (QED) is 0.675. The second-order valence-electron chi connectivity index (χ2n) is 4.12. The summed E-state index contributed by atoms with van der Waals surface area (Å²) in [5.74, 6) is 1.71. The summed E-state index contributed by atoms with van der Waals surface area (Å²) in [7, 11) is 0. The minimum Gasteiger partial charge on any atom is -0.385 e. The molecule has 7 heteroatoms. The second-order valence-corrected chi connectivity index (χ2v) is 4.12. The van der Waals surface area contributed by atoms with E-state index in [1.54, 1.807) is 6.07 Å². The van der Waals surface area contributed by atoms with Crippen LogP contribution in [0.3, 0.4) is 0 Å². The zero-order valence-electron chi connectivity index (χ0n) is 11.2. The normalized spacial score (nSPS) is 12.5. The molecule has 1 atom stereocenters. The molecule has 0 aromatic carbocycles. The van der Waals surface area contributed by atoms with Crippen LogP contribution in [0.15, 0.2) is 6.07 Å². The topological polar surface area (TPSA) is 70.1 Å². The van der Waals surface area contributed by atoms with Gasteiger partial charge in [-0.3, -0.25) is 0 Å². The molecule has 0 spiro atoms. The summed E-state index contributed by atoms with van der Waals surface area (Å²) in [5, 5.41) is 14.9. The van der Waals surface area contributed by atoms with Crippen molar-refractivity contribution in [1.29, 1.82) is 0 Å². The Kier molecular flexibility index (Phi) is 6.41. The molecule has 0 fully saturated rings. The zero-order chi connectivity index (χ0) is 14.3. The fourth-order valence-electron chi connectivity index (χ4n) is 1.39. The Hall–Kier alpha value is -1.50. The molecular formula is C12H20F2N4O. The van der Waals surface area contributed by atoms with Gasteiger partial charge in [-0.1, -0.05) is 13.8 Å². The van der Waals surface area contributed by atoms with Crippen molar-refractivity contribution in [3.8, 4) is 0 Å². The van der Waals surface area contributed by atoms with Crippen LogP contribution in [0.2, 0.25) is 0 Å². The number of aromatic nitrogens is 2. The first-order valence-corrected chi connectivity index (χ1v) is 6.38. The minimum absolute atomic E-state index is 0.245. The molecule has 0 radical (unpaired) electrons. The fourth-order valence-corrected chi connectivity index (χ4v) is 1.39. The highest BCUT2D eigenvalue weighted by Crippen LogP contribution is 2.12. The number of hydrogen-bond acceptors (Lipinski definition) is 5. The molecule has 0 saturated carbocycles. The van der Waals surface area contributed by atoms with Gasteiger partial charge < -0.3 is 15.7 Å². The van der Waals surface area contributed by atoms with Gasteiger partial charge in [0.1, 0.15) is 23.6 Å². The first kappa shape index (κ1) is 15.6. The lowest BCUT2D eigenvalue weighted by Crippen LogP contribution is -2.27. The predicted octanol–water partition coefficient (Wildman–Crippen LogP) is 1.90. The van der Waals surface area contributed by atoms with Gasteiger partial charge in [-0.2, -0.15) is 0 Å². The van der Waals surface area contributed by atoms with Gasteiger partial charge in [-0.05, 0) is 6.42 Å². The van der Waals surface area contributed by atoms with Crippen LogP contribution in [-0.2, 0) is 6.42 Å². The van der Waals surface area contributed by atoms with Crippen LogP contribution in [0.25, 0.3) is 0 Å². The van der Waals surface area contributed by atoms with E-state index >= 15 is 0 Å². The van der Waals surface area contributed by atoms with Gasteiger partial charge in [0, 0.05) is 25.6 Å². The van der Waals surface area contributed by atoms with Crippen molar-refractivity contribution in [2.45, 2.75) is 39.2 Å². The van der Waals surface area contributed by atoms with Gasteiger partial charge in [0.15, 0.2) is 0 Å². The third kappa shape index (κ3) is 5.34. The average Bonchev–Trinajstić information content (AvgIpc) is 2.42. The molecule has 1 heterocycles. The van der Waals surface area contributed by atoms with E-state index in [0.717, 1.165) is 13.0 Å². The monoisotopic (exact) mass is 274 g/mol. The van der Waals surface area contributed by atoms with Crippen LogP contribution >= 0.6 is 0 Å². The standard InChI is InChI=1S/C12H20F2N4O/c1-3-5-15-10-6-11(18-9(4-2)17-10)16-7-8(19)12(13)14/h6,8,12,19H,3-5,7H2,1-2H3,(H2,15,16,17,18). The van der Waals surface area contributed by atoms with E-state index in [9.17, 15) is 8.78 Å². The number of nitrogens with one attached hydrogen (secondary N) is 2. The first-order valence-electron chi connectivity index (χ1n) is 6.38. The number of rotatable bonds is 8. The fraction of sp³-hybridized carbons (Fsp3) is 0.667. The number of nitrogens with zero attached hydrogens (tertiary/aromatic N) is 2. The van der Waals surface area contributed by atoms with E-state index in [0.29, 0.717) is 23.9 Å². The largest absolute Gasteiger partial charge is 0.385 e. The van der Waals surface area contributed by atoms with Crippen LogP contribution in [0.5, 0.6) is 0 Å². The van der Waals surface area contributed by atoms with Crippen LogP contribution in [0, 0.1) is 0 Å². The third-order valence-corrected chi connectivity index (χ3v) is 2.43. The predicted molar refractivity (Wildman–Crippen MR) is 70.7 cm³/mol. The van der Waals surface area contributed by atoms with E-state index in [2.05, 4.69) is 20.6 Å². The molecule has 0 saturated heterocycles. The molecule has 3 N–H and O–H groups in total. The minimum atomic E-state index is -2.77. The van der Waals surface area contributed by atoms with Crippen molar-refractivity contribution >= 4 is 11.6 Å². The van der Waals surface area contributed by atoms with Gasteiger partial charge >= 0.3 is 0 Å². The molecule has 1 aromatic rings. The molecular weight excluding hydrogens is 254 g/mol. The average molecular weight is 274 g/mol. The number of halogens is 2. The Morgan fingerprint density at radius 2 is 1.84 bits per heavy atom. The zero-order valence-corrected chi connectivity index (χ0v) is 11.2. The SMILES string of the molecule is CCCNc1cc(NCC(O)C(F)F)nc(CC)n1. The van der Waals surface area contributed by atoms with Gasteiger partial charge in [-0.25, -0.2) is 18.7 Å². The smallest absolute Gasteiger partial charge is 0.265 e. The molecule has 0 aliphatic rings. The Labute approximate surface area is 111 Å². The van der Waals surface area contributed by atoms with E-state index in [4.69, 9.17) is 5.11 Å². The maximum Gasteiger partial charge on any atom is 0.265 e. The summed E-state index contributed by atoms with van der Waals surface area (Å²) in [4.78, 5) is 8.45. The van der Waals surface area contributed by atoms with Gasteiger partial charge in [-0.15, -0.1) is 0 Å². The van der Waals surface area contributed by atoms with E-state index < -0.39 is 12.5 Å². The van der Waals surface area contributed by atoms with Gasteiger partial charge in [0.2, 0.25) is 0 Å². The van der Waals surface area contributed by atoms with Crippen molar-refractivity contribution in [3.05, 3.63) is 11.9 Å². The maximum atomic E-state index is 12.2. The van der Waals surface area contributed by atoms with Crippen molar-refractivity contribution < 1.29 is 13.9 Å². The highest BCUT2D eigenvalue weighted by Gasteiger charge is 2.16. The molecule has 0 aliphatic heterocycles. The third-order valence-electron chi connectivity index (χ3n) is 2.43. The molecule has 1 rings (SSSR count). The maximum absolute atomic E-state index is 12.2. The Morgan fingerprint density at radius 1 is 1.21 bits per heavy atom. The van der Waals surface area contributed by atoms with E-state index in [1.807, 2.05) is 13.8 Å². The van der Waals surface area contributed by atoms with E-state index in [-0.39, 0.29) is 6.54 Å². The van der Waals surface area contributed by atoms with Crippen molar-refractivity contribution in [2.75, 3.05) is 23.7 Å². The number of aliphatic hydroxyl groups excluding tert-OH is 1. The highest BCUT2D eigenvalue weighted by molar-refractivity contribution is 5.47. The summed E-state index contributed by atoms with van der Waals surface area (Å²) in [5.41, 5.74) is 0. The molecule has 0 aliphatic carbocycles. The molecule has 19 heavy (non-hydrogen) atoms. The summed E-state index contributed by atoms with van der Waals surface area (Å²) in [6.07, 6.45) is -2.86.